The molecule has 0 aromatic carbocycles. The lowest BCUT2D eigenvalue weighted by Crippen LogP contribution is -2.50. The van der Waals surface area contributed by atoms with Gasteiger partial charge in [-0.3, -0.25) is 0 Å². The van der Waals surface area contributed by atoms with Crippen molar-refractivity contribution in [3.63, 3.8) is 0 Å². The lowest BCUT2D eigenvalue weighted by atomic mass is 9.99. The van der Waals surface area contributed by atoms with E-state index in [1.54, 1.807) is 4.31 Å². The average Bonchev–Trinajstić information content (AvgIpc) is 3.03. The van der Waals surface area contributed by atoms with Crippen LogP contribution >= 0.6 is 0 Å². The van der Waals surface area contributed by atoms with Gasteiger partial charge in [0.1, 0.15) is 0 Å². The Labute approximate surface area is 117 Å². The summed E-state index contributed by atoms with van der Waals surface area (Å²) in [6, 6.07) is 0.454. The number of rotatable bonds is 6. The molecular weight excluding hydrogens is 262 g/mol. The lowest BCUT2D eigenvalue weighted by molar-refractivity contribution is 0.253. The van der Waals surface area contributed by atoms with Crippen molar-refractivity contribution in [2.45, 2.75) is 58.0 Å². The predicted octanol–water partition coefficient (Wildman–Crippen LogP) is 1.08. The average molecular weight is 289 g/mol. The quantitative estimate of drug-likeness (QED) is 0.769. The van der Waals surface area contributed by atoms with E-state index in [0.29, 0.717) is 25.0 Å². The van der Waals surface area contributed by atoms with Crippen molar-refractivity contribution in [1.29, 1.82) is 0 Å². The van der Waals surface area contributed by atoms with Crippen molar-refractivity contribution in [3.8, 4) is 0 Å². The van der Waals surface area contributed by atoms with Crippen LogP contribution in [-0.2, 0) is 10.2 Å². The molecule has 112 valence electrons. The van der Waals surface area contributed by atoms with Gasteiger partial charge in [-0.25, -0.2) is 0 Å². The first kappa shape index (κ1) is 15.2. The smallest absolute Gasteiger partial charge is 0.279 e. The molecule has 1 unspecified atom stereocenters. The summed E-state index contributed by atoms with van der Waals surface area (Å²) in [7, 11) is -3.29. The van der Waals surface area contributed by atoms with Crippen LogP contribution in [0.15, 0.2) is 0 Å². The van der Waals surface area contributed by atoms with Crippen LogP contribution in [0, 0.1) is 5.92 Å². The Bertz CT molecular complexity index is 404. The summed E-state index contributed by atoms with van der Waals surface area (Å²) in [4.78, 5) is 0. The van der Waals surface area contributed by atoms with Gasteiger partial charge in [-0.1, -0.05) is 13.8 Å². The summed E-state index contributed by atoms with van der Waals surface area (Å²) in [6.07, 6.45) is 3.99. The largest absolute Gasteiger partial charge is 0.314 e. The van der Waals surface area contributed by atoms with Gasteiger partial charge in [0.2, 0.25) is 0 Å². The van der Waals surface area contributed by atoms with E-state index in [0.717, 1.165) is 32.2 Å². The molecular formula is C13H27N3O2S. The van der Waals surface area contributed by atoms with Crippen LogP contribution < -0.4 is 10.0 Å². The van der Waals surface area contributed by atoms with Crippen molar-refractivity contribution >= 4 is 10.2 Å². The van der Waals surface area contributed by atoms with Gasteiger partial charge in [-0.2, -0.15) is 17.4 Å². The molecule has 1 heterocycles. The number of nitrogens with one attached hydrogen (secondary N) is 2. The molecule has 2 rings (SSSR count). The van der Waals surface area contributed by atoms with Crippen LogP contribution in [0.1, 0.15) is 46.5 Å². The zero-order chi connectivity index (χ0) is 14.1. The Morgan fingerprint density at radius 3 is 2.63 bits per heavy atom. The third-order valence-electron chi connectivity index (χ3n) is 4.01. The predicted molar refractivity (Wildman–Crippen MR) is 77.1 cm³/mol. The Morgan fingerprint density at radius 2 is 2.05 bits per heavy atom. The molecule has 2 fully saturated rings. The van der Waals surface area contributed by atoms with Gasteiger partial charge in [0, 0.05) is 24.7 Å². The summed E-state index contributed by atoms with van der Waals surface area (Å²) < 4.78 is 29.1. The molecule has 1 aliphatic heterocycles. The van der Waals surface area contributed by atoms with Crippen molar-refractivity contribution in [3.05, 3.63) is 0 Å². The van der Waals surface area contributed by atoms with Gasteiger partial charge in [0.05, 0.1) is 0 Å². The highest BCUT2D eigenvalue weighted by Gasteiger charge is 2.43. The van der Waals surface area contributed by atoms with E-state index in [-0.39, 0.29) is 5.54 Å². The summed E-state index contributed by atoms with van der Waals surface area (Å²) in [5.74, 6) is 0.430. The molecule has 1 saturated heterocycles. The molecule has 1 saturated carbocycles. The van der Waals surface area contributed by atoms with E-state index in [9.17, 15) is 8.42 Å². The number of hydrogen-bond donors (Lipinski definition) is 2. The Hall–Kier alpha value is -0.170. The van der Waals surface area contributed by atoms with E-state index in [1.165, 1.54) is 0 Å². The molecule has 19 heavy (non-hydrogen) atoms. The van der Waals surface area contributed by atoms with Crippen LogP contribution in [0.5, 0.6) is 0 Å². The zero-order valence-electron chi connectivity index (χ0n) is 12.3. The van der Waals surface area contributed by atoms with Gasteiger partial charge < -0.3 is 5.32 Å². The van der Waals surface area contributed by atoms with E-state index < -0.39 is 10.2 Å². The summed E-state index contributed by atoms with van der Waals surface area (Å²) in [5.41, 5.74) is -0.179. The maximum Gasteiger partial charge on any atom is 0.279 e. The molecule has 0 bridgehead atoms. The topological polar surface area (TPSA) is 61.4 Å². The van der Waals surface area contributed by atoms with Crippen LogP contribution in [0.4, 0.5) is 0 Å². The highest BCUT2D eigenvalue weighted by molar-refractivity contribution is 7.87. The first-order valence-corrected chi connectivity index (χ1v) is 8.77. The van der Waals surface area contributed by atoms with Gasteiger partial charge >= 0.3 is 0 Å². The van der Waals surface area contributed by atoms with Gasteiger partial charge in [0.25, 0.3) is 10.2 Å². The molecule has 0 aromatic heterocycles. The minimum atomic E-state index is -3.29. The first-order valence-electron chi connectivity index (χ1n) is 7.33. The number of piperidine rings is 1. The second-order valence-electron chi connectivity index (χ2n) is 6.60. The van der Waals surface area contributed by atoms with Gasteiger partial charge in [-0.05, 0) is 45.1 Å². The van der Waals surface area contributed by atoms with Crippen LogP contribution in [0.2, 0.25) is 0 Å². The molecule has 2 aliphatic rings. The van der Waals surface area contributed by atoms with Gasteiger partial charge in [0.15, 0.2) is 0 Å². The molecule has 0 spiro atoms. The van der Waals surface area contributed by atoms with E-state index in [1.807, 2.05) is 6.92 Å². The normalized spacial score (nSPS) is 27.7. The second-order valence-corrected chi connectivity index (χ2v) is 8.27. The number of nitrogens with zero attached hydrogens (tertiary/aromatic N) is 1. The highest BCUT2D eigenvalue weighted by atomic mass is 32.2. The fourth-order valence-electron chi connectivity index (χ4n) is 2.48. The Morgan fingerprint density at radius 1 is 1.37 bits per heavy atom. The molecule has 0 aromatic rings. The van der Waals surface area contributed by atoms with E-state index in [2.05, 4.69) is 23.9 Å². The second kappa shape index (κ2) is 5.68. The molecule has 5 nitrogen and oxygen atoms in total. The summed E-state index contributed by atoms with van der Waals surface area (Å²) in [6.45, 7) is 8.42. The fraction of sp³-hybridized carbons (Fsp3) is 1.00. The minimum Gasteiger partial charge on any atom is -0.314 e. The number of hydrogen-bond acceptors (Lipinski definition) is 3. The van der Waals surface area contributed by atoms with Crippen LogP contribution in [0.25, 0.3) is 0 Å². The first-order chi connectivity index (χ1) is 8.81. The monoisotopic (exact) mass is 289 g/mol. The van der Waals surface area contributed by atoms with Crippen LogP contribution in [-0.4, -0.2) is 43.9 Å². The highest BCUT2D eigenvalue weighted by Crippen LogP contribution is 2.35. The third kappa shape index (κ3) is 4.41. The van der Waals surface area contributed by atoms with Crippen molar-refractivity contribution in [2.24, 2.45) is 5.92 Å². The van der Waals surface area contributed by atoms with Gasteiger partial charge in [-0.15, -0.1) is 0 Å². The SMILES string of the molecule is CC(C)NCC1CCCN(S(=O)(=O)NC2(C)CC2)C1. The summed E-state index contributed by atoms with van der Waals surface area (Å²) >= 11 is 0. The Balaban J connectivity index is 1.89. The molecule has 2 N–H and O–H groups in total. The molecule has 1 atom stereocenters. The zero-order valence-corrected chi connectivity index (χ0v) is 13.1. The van der Waals surface area contributed by atoms with Crippen LogP contribution in [0.3, 0.4) is 0 Å². The molecule has 6 heteroatoms. The Kier molecular flexibility index (Phi) is 4.55. The van der Waals surface area contributed by atoms with E-state index >= 15 is 0 Å². The molecule has 0 amide bonds. The standard InChI is InChI=1S/C13H27N3O2S/c1-11(2)14-9-12-5-4-8-16(10-12)19(17,18)15-13(3)6-7-13/h11-12,14-15H,4-10H2,1-3H3. The maximum absolute atomic E-state index is 12.3. The van der Waals surface area contributed by atoms with E-state index in [4.69, 9.17) is 0 Å². The lowest BCUT2D eigenvalue weighted by Gasteiger charge is -2.33. The fourth-order valence-corrected chi connectivity index (χ4v) is 4.21. The molecule has 0 radical (unpaired) electrons. The minimum absolute atomic E-state index is 0.179. The summed E-state index contributed by atoms with van der Waals surface area (Å²) in [5, 5.41) is 3.41. The van der Waals surface area contributed by atoms with Crippen molar-refractivity contribution in [1.82, 2.24) is 14.3 Å². The van der Waals surface area contributed by atoms with Crippen molar-refractivity contribution in [2.75, 3.05) is 19.6 Å². The third-order valence-corrected chi connectivity index (χ3v) is 5.77. The molecule has 1 aliphatic carbocycles. The maximum atomic E-state index is 12.3. The van der Waals surface area contributed by atoms with Crippen molar-refractivity contribution < 1.29 is 8.42 Å².